The number of nitrogens with one attached hydrogen (secondary N) is 2. The number of ether oxygens (including phenoxy) is 2. The lowest BCUT2D eigenvalue weighted by atomic mass is 10.0. The molecule has 5 heteroatoms. The largest absolute Gasteiger partial charge is 0.493 e. The highest BCUT2D eigenvalue weighted by molar-refractivity contribution is 7.80. The summed E-state index contributed by atoms with van der Waals surface area (Å²) in [6.07, 6.45) is 0.893. The van der Waals surface area contributed by atoms with Crippen LogP contribution in [0.3, 0.4) is 0 Å². The van der Waals surface area contributed by atoms with Gasteiger partial charge in [-0.15, -0.1) is 0 Å². The fraction of sp³-hybridized carbons (Fsp3) is 0.350. The smallest absolute Gasteiger partial charge is 0.171 e. The van der Waals surface area contributed by atoms with Gasteiger partial charge in [0.1, 0.15) is 0 Å². The minimum atomic E-state index is 0.0892. The van der Waals surface area contributed by atoms with E-state index in [0.717, 1.165) is 23.4 Å². The zero-order chi connectivity index (χ0) is 18.4. The number of thiocarbonyl (C=S) groups is 1. The van der Waals surface area contributed by atoms with E-state index in [2.05, 4.69) is 43.5 Å². The van der Waals surface area contributed by atoms with Gasteiger partial charge < -0.3 is 20.1 Å². The van der Waals surface area contributed by atoms with Crippen LogP contribution in [-0.4, -0.2) is 19.3 Å². The highest BCUT2D eigenvalue weighted by atomic mass is 32.1. The molecular weight excluding hydrogens is 332 g/mol. The molecule has 2 aromatic rings. The van der Waals surface area contributed by atoms with Crippen molar-refractivity contribution in [2.75, 3.05) is 19.5 Å². The normalized spacial score (nSPS) is 11.6. The number of anilines is 1. The number of aryl methyl sites for hydroxylation is 2. The van der Waals surface area contributed by atoms with Crippen molar-refractivity contribution in [3.63, 3.8) is 0 Å². The lowest BCUT2D eigenvalue weighted by Crippen LogP contribution is -2.32. The number of hydrogen-bond acceptors (Lipinski definition) is 3. The molecule has 2 rings (SSSR count). The predicted molar refractivity (Wildman–Crippen MR) is 108 cm³/mol. The van der Waals surface area contributed by atoms with Crippen LogP contribution in [0, 0.1) is 13.8 Å². The summed E-state index contributed by atoms with van der Waals surface area (Å²) in [7, 11) is 3.28. The zero-order valence-corrected chi connectivity index (χ0v) is 16.3. The van der Waals surface area contributed by atoms with Gasteiger partial charge in [-0.1, -0.05) is 19.1 Å². The Hall–Kier alpha value is -2.27. The Labute approximate surface area is 155 Å². The molecule has 2 aromatic carbocycles. The molecule has 0 saturated carbocycles. The van der Waals surface area contributed by atoms with E-state index in [9.17, 15) is 0 Å². The van der Waals surface area contributed by atoms with Gasteiger partial charge in [-0.2, -0.15) is 0 Å². The van der Waals surface area contributed by atoms with Gasteiger partial charge in [0.15, 0.2) is 16.6 Å². The Morgan fingerprint density at radius 2 is 1.72 bits per heavy atom. The molecule has 25 heavy (non-hydrogen) atoms. The van der Waals surface area contributed by atoms with Gasteiger partial charge in [0, 0.05) is 5.69 Å². The summed E-state index contributed by atoms with van der Waals surface area (Å²) in [5, 5.41) is 7.24. The van der Waals surface area contributed by atoms with Crippen LogP contribution in [0.1, 0.15) is 36.1 Å². The summed E-state index contributed by atoms with van der Waals surface area (Å²) < 4.78 is 10.7. The molecule has 0 radical (unpaired) electrons. The molecule has 0 bridgehead atoms. The van der Waals surface area contributed by atoms with Crippen molar-refractivity contribution >= 4 is 23.0 Å². The predicted octanol–water partition coefficient (Wildman–Crippen LogP) is 4.76. The van der Waals surface area contributed by atoms with E-state index in [1.54, 1.807) is 14.2 Å². The lowest BCUT2D eigenvalue weighted by molar-refractivity contribution is 0.354. The summed E-state index contributed by atoms with van der Waals surface area (Å²) in [5.41, 5.74) is 4.59. The van der Waals surface area contributed by atoms with Gasteiger partial charge in [0.2, 0.25) is 0 Å². The molecule has 0 heterocycles. The summed E-state index contributed by atoms with van der Waals surface area (Å²) in [4.78, 5) is 0. The fourth-order valence-electron chi connectivity index (χ4n) is 2.64. The standard InChI is InChI=1S/C20H26N2O2S/c1-6-17(15-8-10-18(23-4)19(12-15)24-5)22-20(25)21-16-9-7-13(2)14(3)11-16/h7-12,17H,6H2,1-5H3,(H2,21,22,25)/t17-/m1/s1. The molecule has 0 aliphatic heterocycles. The van der Waals surface area contributed by atoms with Crippen molar-refractivity contribution in [3.05, 3.63) is 53.1 Å². The van der Waals surface area contributed by atoms with Crippen molar-refractivity contribution in [1.82, 2.24) is 5.32 Å². The van der Waals surface area contributed by atoms with E-state index in [1.807, 2.05) is 24.3 Å². The molecule has 0 amide bonds. The highest BCUT2D eigenvalue weighted by Gasteiger charge is 2.14. The summed E-state index contributed by atoms with van der Waals surface area (Å²) in [5.74, 6) is 1.44. The Bertz CT molecular complexity index is 746. The van der Waals surface area contributed by atoms with Crippen LogP contribution in [0.4, 0.5) is 5.69 Å². The van der Waals surface area contributed by atoms with Crippen molar-refractivity contribution in [3.8, 4) is 11.5 Å². The topological polar surface area (TPSA) is 42.5 Å². The van der Waals surface area contributed by atoms with E-state index in [1.165, 1.54) is 11.1 Å². The van der Waals surface area contributed by atoms with Gasteiger partial charge >= 0.3 is 0 Å². The molecular formula is C20H26N2O2S. The quantitative estimate of drug-likeness (QED) is 0.729. The van der Waals surface area contributed by atoms with Crippen LogP contribution < -0.4 is 20.1 Å². The molecule has 0 saturated heterocycles. The van der Waals surface area contributed by atoms with Crippen molar-refractivity contribution in [2.24, 2.45) is 0 Å². The van der Waals surface area contributed by atoms with Gasteiger partial charge in [0.05, 0.1) is 20.3 Å². The summed E-state index contributed by atoms with van der Waals surface area (Å²) in [6, 6.07) is 12.2. The first-order chi connectivity index (χ1) is 12.0. The van der Waals surface area contributed by atoms with E-state index < -0.39 is 0 Å². The molecule has 0 aromatic heterocycles. The lowest BCUT2D eigenvalue weighted by Gasteiger charge is -2.21. The Balaban J connectivity index is 2.10. The van der Waals surface area contributed by atoms with Crippen LogP contribution in [0.15, 0.2) is 36.4 Å². The third-order valence-electron chi connectivity index (χ3n) is 4.29. The van der Waals surface area contributed by atoms with E-state index in [4.69, 9.17) is 21.7 Å². The highest BCUT2D eigenvalue weighted by Crippen LogP contribution is 2.30. The minimum Gasteiger partial charge on any atom is -0.493 e. The Morgan fingerprint density at radius 1 is 1.00 bits per heavy atom. The second-order valence-electron chi connectivity index (χ2n) is 5.97. The maximum absolute atomic E-state index is 5.49. The van der Waals surface area contributed by atoms with Gasteiger partial charge in [-0.3, -0.25) is 0 Å². The van der Waals surface area contributed by atoms with Crippen molar-refractivity contribution in [1.29, 1.82) is 0 Å². The number of rotatable bonds is 6. The molecule has 0 unspecified atom stereocenters. The van der Waals surface area contributed by atoms with Crippen LogP contribution in [0.2, 0.25) is 0 Å². The van der Waals surface area contributed by atoms with Gasteiger partial charge in [-0.25, -0.2) is 0 Å². The van der Waals surface area contributed by atoms with E-state index in [0.29, 0.717) is 10.9 Å². The van der Waals surface area contributed by atoms with Crippen LogP contribution in [-0.2, 0) is 0 Å². The van der Waals surface area contributed by atoms with Gasteiger partial charge in [0.25, 0.3) is 0 Å². The molecule has 0 fully saturated rings. The Kier molecular flexibility index (Phi) is 6.65. The second kappa shape index (κ2) is 8.72. The van der Waals surface area contributed by atoms with Crippen molar-refractivity contribution in [2.45, 2.75) is 33.2 Å². The number of benzene rings is 2. The summed E-state index contributed by atoms with van der Waals surface area (Å²) >= 11 is 5.49. The third-order valence-corrected chi connectivity index (χ3v) is 4.51. The van der Waals surface area contributed by atoms with Gasteiger partial charge in [-0.05, 0) is 73.4 Å². The zero-order valence-electron chi connectivity index (χ0n) is 15.5. The van der Waals surface area contributed by atoms with Crippen LogP contribution in [0.25, 0.3) is 0 Å². The molecule has 2 N–H and O–H groups in total. The average molecular weight is 359 g/mol. The summed E-state index contributed by atoms with van der Waals surface area (Å²) in [6.45, 7) is 6.31. The molecule has 4 nitrogen and oxygen atoms in total. The monoisotopic (exact) mass is 358 g/mol. The first kappa shape index (κ1) is 19.1. The maximum atomic E-state index is 5.49. The molecule has 0 aliphatic rings. The first-order valence-corrected chi connectivity index (χ1v) is 8.76. The third kappa shape index (κ3) is 4.86. The SMILES string of the molecule is CC[C@@H](NC(=S)Nc1ccc(C)c(C)c1)c1ccc(OC)c(OC)c1. The Morgan fingerprint density at radius 3 is 2.32 bits per heavy atom. The average Bonchev–Trinajstić information content (AvgIpc) is 2.62. The van der Waals surface area contributed by atoms with Crippen molar-refractivity contribution < 1.29 is 9.47 Å². The number of hydrogen-bond donors (Lipinski definition) is 2. The van der Waals surface area contributed by atoms with E-state index in [-0.39, 0.29) is 6.04 Å². The van der Waals surface area contributed by atoms with E-state index >= 15 is 0 Å². The molecule has 1 atom stereocenters. The first-order valence-electron chi connectivity index (χ1n) is 8.35. The second-order valence-corrected chi connectivity index (χ2v) is 6.38. The van der Waals surface area contributed by atoms with Crippen LogP contribution >= 0.6 is 12.2 Å². The minimum absolute atomic E-state index is 0.0892. The maximum Gasteiger partial charge on any atom is 0.171 e. The molecule has 0 spiro atoms. The van der Waals surface area contributed by atoms with Crippen LogP contribution in [0.5, 0.6) is 11.5 Å². The molecule has 134 valence electrons. The fourth-order valence-corrected chi connectivity index (χ4v) is 2.90. The number of methoxy groups -OCH3 is 2. The molecule has 0 aliphatic carbocycles.